The van der Waals surface area contributed by atoms with E-state index in [2.05, 4.69) is 14.3 Å². The zero-order valence-corrected chi connectivity index (χ0v) is 18.3. The van der Waals surface area contributed by atoms with Gasteiger partial charge in [-0.2, -0.15) is 5.01 Å². The highest BCUT2D eigenvalue weighted by Crippen LogP contribution is 2.36. The van der Waals surface area contributed by atoms with Crippen LogP contribution in [0.25, 0.3) is 0 Å². The van der Waals surface area contributed by atoms with Crippen LogP contribution in [-0.2, 0) is 15.1 Å². The van der Waals surface area contributed by atoms with Crippen molar-refractivity contribution in [1.82, 2.24) is 5.01 Å². The molecule has 5 nitrogen and oxygen atoms in total. The largest absolute Gasteiger partial charge is 0.457 e. The number of hydrazine groups is 1. The summed E-state index contributed by atoms with van der Waals surface area (Å²) in [5.74, 6) is 1.22. The number of benzene rings is 3. The lowest BCUT2D eigenvalue weighted by Gasteiger charge is -2.22. The standard InChI is InChI=1S/C22H19N2O3P.C2H6/c1-22(16-12-14-19(15-13-16)26-18-10-6-3-7-11-18)20(25)24(21(28)27-22)23-17-8-4-2-5-9-17;1-2/h2-15,23,28H,1H3;1-2H3. The van der Waals surface area contributed by atoms with E-state index < -0.39 is 5.60 Å². The van der Waals surface area contributed by atoms with Gasteiger partial charge in [-0.15, -0.1) is 0 Å². The molecule has 1 amide bonds. The molecule has 6 heteroatoms. The van der Waals surface area contributed by atoms with Gasteiger partial charge in [0.2, 0.25) is 0 Å². The molecule has 0 radical (unpaired) electrons. The number of rotatable bonds is 5. The summed E-state index contributed by atoms with van der Waals surface area (Å²) in [7, 11) is 3.41. The van der Waals surface area contributed by atoms with Crippen molar-refractivity contribution in [2.75, 3.05) is 5.43 Å². The van der Waals surface area contributed by atoms with Crippen LogP contribution in [0, 0.1) is 0 Å². The predicted octanol–water partition coefficient (Wildman–Crippen LogP) is 5.84. The van der Waals surface area contributed by atoms with Gasteiger partial charge in [-0.1, -0.05) is 71.2 Å². The molecule has 0 spiro atoms. The molecular weight excluding hydrogens is 395 g/mol. The minimum Gasteiger partial charge on any atom is -0.457 e. The van der Waals surface area contributed by atoms with E-state index in [4.69, 9.17) is 9.47 Å². The van der Waals surface area contributed by atoms with Gasteiger partial charge in [-0.25, -0.2) is 0 Å². The van der Waals surface area contributed by atoms with Crippen LogP contribution in [0.3, 0.4) is 0 Å². The lowest BCUT2D eigenvalue weighted by atomic mass is 9.95. The van der Waals surface area contributed by atoms with Gasteiger partial charge in [-0.05, 0) is 48.9 Å². The first-order valence-corrected chi connectivity index (χ1v) is 10.3. The minimum atomic E-state index is -1.15. The molecule has 0 aromatic heterocycles. The van der Waals surface area contributed by atoms with Gasteiger partial charge in [0, 0.05) is 0 Å². The van der Waals surface area contributed by atoms with E-state index in [1.54, 1.807) is 6.92 Å². The first-order chi connectivity index (χ1) is 14.6. The molecule has 30 heavy (non-hydrogen) atoms. The first-order valence-electron chi connectivity index (χ1n) is 9.83. The van der Waals surface area contributed by atoms with Gasteiger partial charge in [0.1, 0.15) is 11.5 Å². The Morgan fingerprint density at radius 2 is 1.40 bits per heavy atom. The Labute approximate surface area is 179 Å². The van der Waals surface area contributed by atoms with Gasteiger partial charge in [0.05, 0.1) is 5.69 Å². The zero-order chi connectivity index (χ0) is 21.6. The molecule has 4 rings (SSSR count). The maximum Gasteiger partial charge on any atom is 0.284 e. The van der Waals surface area contributed by atoms with Crippen LogP contribution in [-0.4, -0.2) is 16.5 Å². The quantitative estimate of drug-likeness (QED) is 0.527. The number of carbonyl (C=O) groups excluding carboxylic acids is 1. The van der Waals surface area contributed by atoms with Crippen molar-refractivity contribution in [2.45, 2.75) is 26.4 Å². The van der Waals surface area contributed by atoms with E-state index in [9.17, 15) is 4.79 Å². The fourth-order valence-electron chi connectivity index (χ4n) is 2.98. The van der Waals surface area contributed by atoms with Gasteiger partial charge < -0.3 is 9.47 Å². The SMILES string of the molecule is CC.CC1(c2ccc(Oc3ccccc3)cc2)OC(=P)N(Nc2ccccc2)C1=O. The van der Waals surface area contributed by atoms with Gasteiger partial charge >= 0.3 is 0 Å². The maximum absolute atomic E-state index is 13.1. The molecule has 3 aromatic rings. The highest BCUT2D eigenvalue weighted by molar-refractivity contribution is 7.20. The maximum atomic E-state index is 13.1. The lowest BCUT2D eigenvalue weighted by Crippen LogP contribution is -2.39. The third kappa shape index (κ3) is 4.54. The van der Waals surface area contributed by atoms with Crippen molar-refractivity contribution in [3.8, 4) is 11.5 Å². The minimum absolute atomic E-state index is 0.224. The van der Waals surface area contributed by atoms with Crippen molar-refractivity contribution < 1.29 is 14.3 Å². The molecule has 1 aliphatic heterocycles. The number of carbonyl (C=O) groups is 1. The molecule has 3 aromatic carbocycles. The van der Waals surface area contributed by atoms with Crippen LogP contribution in [0.5, 0.6) is 11.5 Å². The summed E-state index contributed by atoms with van der Waals surface area (Å²) in [6, 6.07) is 26.3. The Kier molecular flexibility index (Phi) is 6.88. The summed E-state index contributed by atoms with van der Waals surface area (Å²) < 4.78 is 11.7. The normalized spacial score (nSPS) is 17.9. The van der Waals surface area contributed by atoms with Crippen molar-refractivity contribution in [3.63, 3.8) is 0 Å². The fourth-order valence-corrected chi connectivity index (χ4v) is 3.34. The number of anilines is 1. The highest BCUT2D eigenvalue weighted by Gasteiger charge is 2.49. The number of para-hydroxylation sites is 2. The number of hydrogen-bond donors (Lipinski definition) is 1. The van der Waals surface area contributed by atoms with Crippen LogP contribution in [0.15, 0.2) is 84.9 Å². The van der Waals surface area contributed by atoms with Gasteiger partial charge in [0.15, 0.2) is 11.2 Å². The lowest BCUT2D eigenvalue weighted by molar-refractivity contribution is -0.135. The van der Waals surface area contributed by atoms with Crippen LogP contribution in [0.1, 0.15) is 26.3 Å². The Hall–Kier alpha value is -3.14. The van der Waals surface area contributed by atoms with Crippen molar-refractivity contribution in [1.29, 1.82) is 0 Å². The summed E-state index contributed by atoms with van der Waals surface area (Å²) in [6.07, 6.45) is 0. The molecule has 1 saturated heterocycles. The summed E-state index contributed by atoms with van der Waals surface area (Å²) >= 11 is 0. The predicted molar refractivity (Wildman–Crippen MR) is 123 cm³/mol. The Bertz CT molecular complexity index is 994. The fraction of sp³-hybridized carbons (Fsp3) is 0.167. The molecule has 1 aliphatic rings. The number of nitrogens with zero attached hydrogens (tertiary/aromatic N) is 1. The topological polar surface area (TPSA) is 50.8 Å². The third-order valence-electron chi connectivity index (χ3n) is 4.51. The molecular formula is C24H25N2O3P. The van der Waals surface area contributed by atoms with Crippen LogP contribution >= 0.6 is 8.86 Å². The van der Waals surface area contributed by atoms with Crippen molar-refractivity contribution >= 4 is 26.1 Å². The Balaban J connectivity index is 0.00000124. The Morgan fingerprint density at radius 1 is 0.867 bits per heavy atom. The van der Waals surface area contributed by atoms with E-state index in [1.807, 2.05) is 98.8 Å². The zero-order valence-electron chi connectivity index (χ0n) is 17.3. The van der Waals surface area contributed by atoms with E-state index in [-0.39, 0.29) is 5.91 Å². The number of ether oxygens (including phenoxy) is 2. The van der Waals surface area contributed by atoms with E-state index in [1.165, 1.54) is 5.01 Å². The monoisotopic (exact) mass is 420 g/mol. The van der Waals surface area contributed by atoms with Gasteiger partial charge in [-0.3, -0.25) is 10.2 Å². The van der Waals surface area contributed by atoms with Crippen molar-refractivity contribution in [2.24, 2.45) is 0 Å². The molecule has 1 N–H and O–H groups in total. The van der Waals surface area contributed by atoms with E-state index in [0.29, 0.717) is 11.4 Å². The molecule has 1 fully saturated rings. The van der Waals surface area contributed by atoms with Crippen LogP contribution < -0.4 is 10.2 Å². The molecule has 1 heterocycles. The van der Waals surface area contributed by atoms with Crippen LogP contribution in [0.4, 0.5) is 5.69 Å². The van der Waals surface area contributed by atoms with Crippen molar-refractivity contribution in [3.05, 3.63) is 90.5 Å². The molecule has 0 bridgehead atoms. The average Bonchev–Trinajstić information content (AvgIpc) is 3.01. The van der Waals surface area contributed by atoms with Crippen LogP contribution in [0.2, 0.25) is 0 Å². The number of hydrogen-bond acceptors (Lipinski definition) is 4. The summed E-state index contributed by atoms with van der Waals surface area (Å²) in [5.41, 5.74) is 3.73. The molecule has 1 atom stereocenters. The van der Waals surface area contributed by atoms with E-state index in [0.717, 1.165) is 17.0 Å². The Morgan fingerprint density at radius 3 is 2.00 bits per heavy atom. The summed E-state index contributed by atoms with van der Waals surface area (Å²) in [4.78, 5) is 13.1. The number of amides is 1. The van der Waals surface area contributed by atoms with E-state index >= 15 is 0 Å². The molecule has 0 aliphatic carbocycles. The number of nitrogens with one attached hydrogen (secondary N) is 1. The summed E-state index contributed by atoms with van der Waals surface area (Å²) in [5, 5.41) is 1.36. The second kappa shape index (κ2) is 9.57. The highest BCUT2D eigenvalue weighted by atomic mass is 31.0. The second-order valence-corrected chi connectivity index (χ2v) is 6.93. The molecule has 1 unspecified atom stereocenters. The molecule has 0 saturated carbocycles. The average molecular weight is 420 g/mol. The molecule has 154 valence electrons. The first kappa shape index (κ1) is 21.6. The summed E-state index contributed by atoms with van der Waals surface area (Å²) in [6.45, 7) is 5.75. The third-order valence-corrected chi connectivity index (χ3v) is 4.84. The van der Waals surface area contributed by atoms with Gasteiger partial charge in [0.25, 0.3) is 5.91 Å². The smallest absolute Gasteiger partial charge is 0.284 e. The second-order valence-electron chi connectivity index (χ2n) is 6.50.